The Labute approximate surface area is 186 Å². The van der Waals surface area contributed by atoms with E-state index in [1.807, 2.05) is 36.4 Å². The van der Waals surface area contributed by atoms with Crippen molar-refractivity contribution in [3.05, 3.63) is 90.5 Å². The van der Waals surface area contributed by atoms with E-state index in [4.69, 9.17) is 0 Å². The molecule has 1 nitrogen and oxygen atoms in total. The zero-order valence-corrected chi connectivity index (χ0v) is 18.7. The van der Waals surface area contributed by atoms with Crippen LogP contribution in [0.15, 0.2) is 99.6 Å². The third-order valence-electron chi connectivity index (χ3n) is 4.06. The quantitative estimate of drug-likeness (QED) is 0.225. The van der Waals surface area contributed by atoms with E-state index in [0.717, 1.165) is 16.1 Å². The smallest absolute Gasteiger partial charge is 0.149 e. The van der Waals surface area contributed by atoms with E-state index >= 15 is 0 Å². The highest BCUT2D eigenvalue weighted by atomic mass is 32.2. The lowest BCUT2D eigenvalue weighted by Crippen LogP contribution is -2.28. The fourth-order valence-electron chi connectivity index (χ4n) is 2.52. The second-order valence-electron chi connectivity index (χ2n) is 6.43. The molecule has 4 heteroatoms. The molecule has 0 aliphatic rings. The summed E-state index contributed by atoms with van der Waals surface area (Å²) in [5, 5.41) is 0. The van der Waals surface area contributed by atoms with Gasteiger partial charge in [-0.15, -0.1) is 23.5 Å². The lowest BCUT2D eigenvalue weighted by Gasteiger charge is -2.21. The minimum atomic E-state index is -0.785. The zero-order valence-electron chi connectivity index (χ0n) is 16.2. The average Bonchev–Trinajstić information content (AvgIpc) is 2.78. The standard InChI is InChI=1S/C25H22OS3/c1-21-13-15-24(16-14-21)29-25(19-26,20-28-23-11-6-3-7-12-23)17-8-18-27-22-9-4-2-5-10-22/h2-7,9-16,19H,18,20H2,1H3. The Balaban J connectivity index is 1.76. The number of aldehydes is 1. The van der Waals surface area contributed by atoms with Crippen LogP contribution in [0.3, 0.4) is 0 Å². The average molecular weight is 435 g/mol. The summed E-state index contributed by atoms with van der Waals surface area (Å²) in [6.45, 7) is 2.06. The summed E-state index contributed by atoms with van der Waals surface area (Å²) < 4.78 is -0.785. The van der Waals surface area contributed by atoms with Crippen LogP contribution in [0.1, 0.15) is 5.56 Å². The number of carbonyl (C=O) groups is 1. The molecule has 0 fully saturated rings. The molecule has 0 bridgehead atoms. The van der Waals surface area contributed by atoms with Crippen LogP contribution in [0.4, 0.5) is 0 Å². The molecule has 3 aromatic carbocycles. The molecule has 3 rings (SSSR count). The van der Waals surface area contributed by atoms with E-state index in [-0.39, 0.29) is 0 Å². The third-order valence-corrected chi connectivity index (χ3v) is 7.56. The highest BCUT2D eigenvalue weighted by Gasteiger charge is 2.29. The van der Waals surface area contributed by atoms with Crippen LogP contribution >= 0.6 is 35.3 Å². The Morgan fingerprint density at radius 2 is 1.38 bits per heavy atom. The summed E-state index contributed by atoms with van der Waals surface area (Å²) >= 11 is 4.89. The molecule has 0 saturated carbocycles. The summed E-state index contributed by atoms with van der Waals surface area (Å²) in [5.41, 5.74) is 1.20. The zero-order chi connectivity index (χ0) is 20.4. The molecule has 0 aromatic heterocycles. The molecule has 1 atom stereocenters. The number of hydrogen-bond acceptors (Lipinski definition) is 4. The van der Waals surface area contributed by atoms with Crippen molar-refractivity contribution < 1.29 is 4.79 Å². The van der Waals surface area contributed by atoms with Crippen molar-refractivity contribution in [1.29, 1.82) is 0 Å². The number of hydrogen-bond donors (Lipinski definition) is 0. The molecule has 0 saturated heterocycles. The molecular weight excluding hydrogens is 412 g/mol. The van der Waals surface area contributed by atoms with Crippen LogP contribution in [-0.4, -0.2) is 22.5 Å². The van der Waals surface area contributed by atoms with Crippen LogP contribution in [0.5, 0.6) is 0 Å². The number of rotatable bonds is 8. The minimum absolute atomic E-state index is 0.599. The molecule has 0 spiro atoms. The van der Waals surface area contributed by atoms with E-state index in [1.54, 1.807) is 23.5 Å². The van der Waals surface area contributed by atoms with Gasteiger partial charge in [0.1, 0.15) is 11.0 Å². The first kappa shape index (κ1) is 21.6. The molecule has 29 heavy (non-hydrogen) atoms. The van der Waals surface area contributed by atoms with Gasteiger partial charge >= 0.3 is 0 Å². The molecule has 0 aliphatic heterocycles. The molecular formula is C25H22OS3. The van der Waals surface area contributed by atoms with Gasteiger partial charge in [-0.2, -0.15) is 0 Å². The monoisotopic (exact) mass is 434 g/mol. The van der Waals surface area contributed by atoms with Crippen molar-refractivity contribution >= 4 is 41.6 Å². The normalized spacial score (nSPS) is 12.4. The number of aryl methyl sites for hydroxylation is 1. The van der Waals surface area contributed by atoms with E-state index in [9.17, 15) is 4.79 Å². The van der Waals surface area contributed by atoms with Crippen molar-refractivity contribution in [3.63, 3.8) is 0 Å². The lowest BCUT2D eigenvalue weighted by atomic mass is 10.2. The Morgan fingerprint density at radius 1 is 0.793 bits per heavy atom. The Bertz CT molecular complexity index is 960. The number of carbonyl (C=O) groups excluding carboxylic acids is 1. The van der Waals surface area contributed by atoms with Gasteiger partial charge in [0.05, 0.1) is 5.75 Å². The van der Waals surface area contributed by atoms with Crippen LogP contribution in [0, 0.1) is 18.8 Å². The van der Waals surface area contributed by atoms with Crippen molar-refractivity contribution in [2.24, 2.45) is 0 Å². The molecule has 0 aliphatic carbocycles. The number of thioether (sulfide) groups is 3. The van der Waals surface area contributed by atoms with Crippen LogP contribution in [0.2, 0.25) is 0 Å². The Morgan fingerprint density at radius 3 is 1.97 bits per heavy atom. The summed E-state index contributed by atoms with van der Waals surface area (Å²) in [6, 6.07) is 28.6. The van der Waals surface area contributed by atoms with Gasteiger partial charge in [-0.05, 0) is 43.3 Å². The molecule has 146 valence electrons. The molecule has 1 unspecified atom stereocenters. The predicted octanol–water partition coefficient (Wildman–Crippen LogP) is 6.61. The van der Waals surface area contributed by atoms with Gasteiger partial charge in [-0.3, -0.25) is 0 Å². The highest BCUT2D eigenvalue weighted by Crippen LogP contribution is 2.36. The van der Waals surface area contributed by atoms with Gasteiger partial charge in [0, 0.05) is 20.4 Å². The van der Waals surface area contributed by atoms with E-state index in [1.165, 1.54) is 22.2 Å². The lowest BCUT2D eigenvalue weighted by molar-refractivity contribution is -0.108. The van der Waals surface area contributed by atoms with Crippen molar-refractivity contribution in [2.75, 3.05) is 11.5 Å². The summed E-state index contributed by atoms with van der Waals surface area (Å²) in [7, 11) is 0. The van der Waals surface area contributed by atoms with Gasteiger partial charge in [0.2, 0.25) is 0 Å². The first-order valence-electron chi connectivity index (χ1n) is 9.27. The van der Waals surface area contributed by atoms with Gasteiger partial charge in [-0.1, -0.05) is 77.7 Å². The molecule has 0 amide bonds. The van der Waals surface area contributed by atoms with Crippen molar-refractivity contribution in [3.8, 4) is 11.8 Å². The molecule has 0 radical (unpaired) electrons. The maximum absolute atomic E-state index is 12.2. The highest BCUT2D eigenvalue weighted by molar-refractivity contribution is 8.04. The van der Waals surface area contributed by atoms with Crippen LogP contribution < -0.4 is 0 Å². The van der Waals surface area contributed by atoms with Crippen molar-refractivity contribution in [2.45, 2.75) is 26.4 Å². The second-order valence-corrected chi connectivity index (χ2v) is 9.93. The Kier molecular flexibility index (Phi) is 8.37. The van der Waals surface area contributed by atoms with Gasteiger partial charge in [0.15, 0.2) is 0 Å². The minimum Gasteiger partial charge on any atom is -0.301 e. The van der Waals surface area contributed by atoms with Gasteiger partial charge in [-0.25, -0.2) is 0 Å². The summed E-state index contributed by atoms with van der Waals surface area (Å²) in [6.07, 6.45) is 1.01. The molecule has 3 aromatic rings. The van der Waals surface area contributed by atoms with Gasteiger partial charge < -0.3 is 4.79 Å². The topological polar surface area (TPSA) is 17.1 Å². The number of benzene rings is 3. The second kappa shape index (κ2) is 11.2. The third kappa shape index (κ3) is 7.04. The largest absolute Gasteiger partial charge is 0.301 e. The van der Waals surface area contributed by atoms with E-state index in [0.29, 0.717) is 11.5 Å². The van der Waals surface area contributed by atoms with Crippen LogP contribution in [-0.2, 0) is 4.79 Å². The van der Waals surface area contributed by atoms with E-state index < -0.39 is 4.75 Å². The molecule has 0 heterocycles. The fourth-order valence-corrected chi connectivity index (χ4v) is 5.33. The molecule has 0 N–H and O–H groups in total. The SMILES string of the molecule is Cc1ccc(SC(C#CCSc2ccccc2)(C=O)CSc2ccccc2)cc1. The van der Waals surface area contributed by atoms with Crippen LogP contribution in [0.25, 0.3) is 0 Å². The van der Waals surface area contributed by atoms with Gasteiger partial charge in [0.25, 0.3) is 0 Å². The maximum atomic E-state index is 12.2. The van der Waals surface area contributed by atoms with E-state index in [2.05, 4.69) is 67.3 Å². The van der Waals surface area contributed by atoms with Crippen molar-refractivity contribution in [1.82, 2.24) is 0 Å². The first-order valence-corrected chi connectivity index (χ1v) is 12.1. The predicted molar refractivity (Wildman–Crippen MR) is 128 cm³/mol. The Hall–Kier alpha value is -2.06. The maximum Gasteiger partial charge on any atom is 0.149 e. The first-order chi connectivity index (χ1) is 14.2. The summed E-state index contributed by atoms with van der Waals surface area (Å²) in [5.74, 6) is 7.79. The fraction of sp³-hybridized carbons (Fsp3) is 0.160. The summed E-state index contributed by atoms with van der Waals surface area (Å²) in [4.78, 5) is 15.6.